The van der Waals surface area contributed by atoms with Gasteiger partial charge in [-0.2, -0.15) is 0 Å². The van der Waals surface area contributed by atoms with Crippen LogP contribution in [0.3, 0.4) is 0 Å². The Morgan fingerprint density at radius 2 is 2.11 bits per heavy atom. The molecule has 1 unspecified atom stereocenters. The van der Waals surface area contributed by atoms with Crippen LogP contribution in [-0.4, -0.2) is 53.6 Å². The normalized spacial score (nSPS) is 18.9. The topological polar surface area (TPSA) is 58.3 Å². The third-order valence-electron chi connectivity index (χ3n) is 3.80. The highest BCUT2D eigenvalue weighted by atomic mass is 32.1. The van der Waals surface area contributed by atoms with Gasteiger partial charge in [0.1, 0.15) is 12.1 Å². The largest absolute Gasteiger partial charge is 0.353 e. The Labute approximate surface area is 117 Å². The molecule has 1 fully saturated rings. The number of nitrogens with two attached hydrogens (primary N) is 1. The summed E-state index contributed by atoms with van der Waals surface area (Å²) in [5.74, 6) is 1.08. The van der Waals surface area contributed by atoms with Gasteiger partial charge in [-0.15, -0.1) is 11.3 Å². The van der Waals surface area contributed by atoms with Gasteiger partial charge in [0.2, 0.25) is 0 Å². The molecular formula is C13H19N5S. The van der Waals surface area contributed by atoms with E-state index in [1.807, 2.05) is 0 Å². The average molecular weight is 277 g/mol. The second-order valence-electron chi connectivity index (χ2n) is 4.94. The smallest absolute Gasteiger partial charge is 0.150 e. The molecule has 2 N–H and O–H groups in total. The molecule has 5 nitrogen and oxygen atoms in total. The van der Waals surface area contributed by atoms with Gasteiger partial charge in [0.25, 0.3) is 0 Å². The third kappa shape index (κ3) is 2.43. The fourth-order valence-corrected chi connectivity index (χ4v) is 3.39. The summed E-state index contributed by atoms with van der Waals surface area (Å²) in [4.78, 5) is 13.6. The summed E-state index contributed by atoms with van der Waals surface area (Å²) in [6.07, 6.45) is 1.67. The summed E-state index contributed by atoms with van der Waals surface area (Å²) in [5.41, 5.74) is 6.78. The molecule has 0 aliphatic carbocycles. The molecule has 3 rings (SSSR count). The molecule has 1 aliphatic heterocycles. The van der Waals surface area contributed by atoms with Gasteiger partial charge in [0.15, 0.2) is 0 Å². The van der Waals surface area contributed by atoms with Gasteiger partial charge in [0, 0.05) is 38.8 Å². The lowest BCUT2D eigenvalue weighted by atomic mass is 10.2. The van der Waals surface area contributed by atoms with E-state index in [0.29, 0.717) is 6.04 Å². The Morgan fingerprint density at radius 3 is 2.84 bits per heavy atom. The van der Waals surface area contributed by atoms with Crippen molar-refractivity contribution in [2.45, 2.75) is 13.0 Å². The van der Waals surface area contributed by atoms with Crippen LogP contribution in [0.4, 0.5) is 5.82 Å². The molecule has 0 radical (unpaired) electrons. The summed E-state index contributed by atoms with van der Waals surface area (Å²) in [7, 11) is 0. The molecule has 1 saturated heterocycles. The first-order valence-electron chi connectivity index (χ1n) is 6.67. The van der Waals surface area contributed by atoms with Crippen LogP contribution in [0.15, 0.2) is 17.8 Å². The van der Waals surface area contributed by atoms with Gasteiger partial charge in [-0.05, 0) is 18.4 Å². The van der Waals surface area contributed by atoms with E-state index in [1.165, 1.54) is 4.70 Å². The number of rotatable bonds is 3. The van der Waals surface area contributed by atoms with Crippen molar-refractivity contribution in [3.8, 4) is 0 Å². The zero-order valence-electron chi connectivity index (χ0n) is 11.1. The lowest BCUT2D eigenvalue weighted by Gasteiger charge is -2.38. The monoisotopic (exact) mass is 277 g/mol. The number of thiophene rings is 1. The molecule has 2 aromatic heterocycles. The highest BCUT2D eigenvalue weighted by Crippen LogP contribution is 2.28. The third-order valence-corrected chi connectivity index (χ3v) is 4.70. The van der Waals surface area contributed by atoms with Gasteiger partial charge in [-0.25, -0.2) is 9.97 Å². The maximum absolute atomic E-state index is 5.73. The fraction of sp³-hybridized carbons (Fsp3) is 0.538. The van der Waals surface area contributed by atoms with Gasteiger partial charge < -0.3 is 10.6 Å². The van der Waals surface area contributed by atoms with E-state index in [-0.39, 0.29) is 0 Å². The zero-order valence-corrected chi connectivity index (χ0v) is 11.9. The predicted octanol–water partition coefficient (Wildman–Crippen LogP) is 1.16. The van der Waals surface area contributed by atoms with Crippen LogP contribution in [0.25, 0.3) is 10.2 Å². The average Bonchev–Trinajstić information content (AvgIpc) is 2.95. The lowest BCUT2D eigenvalue weighted by molar-refractivity contribution is 0.201. The molecule has 0 spiro atoms. The van der Waals surface area contributed by atoms with E-state index in [9.17, 15) is 0 Å². The molecule has 2 aromatic rings. The van der Waals surface area contributed by atoms with Crippen molar-refractivity contribution in [2.24, 2.45) is 5.73 Å². The van der Waals surface area contributed by atoms with Gasteiger partial charge in [-0.1, -0.05) is 0 Å². The number of aromatic nitrogens is 2. The number of piperazine rings is 1. The van der Waals surface area contributed by atoms with Crippen LogP contribution in [0, 0.1) is 0 Å². The summed E-state index contributed by atoms with van der Waals surface area (Å²) in [5, 5.41) is 2.08. The van der Waals surface area contributed by atoms with Crippen molar-refractivity contribution in [1.82, 2.24) is 14.9 Å². The molecular weight excluding hydrogens is 258 g/mol. The van der Waals surface area contributed by atoms with Crippen molar-refractivity contribution in [3.63, 3.8) is 0 Å². The van der Waals surface area contributed by atoms with Crippen LogP contribution < -0.4 is 10.6 Å². The summed E-state index contributed by atoms with van der Waals surface area (Å²) in [6.45, 7) is 7.04. The minimum absolute atomic E-state index is 0.467. The zero-order chi connectivity index (χ0) is 13.2. The van der Waals surface area contributed by atoms with Crippen LogP contribution >= 0.6 is 11.3 Å². The Hall–Kier alpha value is -1.24. The SMILES string of the molecule is CC(CN)N1CCN(c2ncnc3ccsc23)CC1. The van der Waals surface area contributed by atoms with E-state index in [0.717, 1.165) is 44.1 Å². The Balaban J connectivity index is 1.76. The molecule has 0 aromatic carbocycles. The number of fused-ring (bicyclic) bond motifs is 1. The van der Waals surface area contributed by atoms with Crippen LogP contribution in [-0.2, 0) is 0 Å². The Morgan fingerprint density at radius 1 is 1.32 bits per heavy atom. The number of nitrogens with zero attached hydrogens (tertiary/aromatic N) is 4. The highest BCUT2D eigenvalue weighted by Gasteiger charge is 2.22. The molecule has 6 heteroatoms. The molecule has 1 aliphatic rings. The van der Waals surface area contributed by atoms with Gasteiger partial charge in [-0.3, -0.25) is 4.90 Å². The van der Waals surface area contributed by atoms with E-state index in [2.05, 4.69) is 38.1 Å². The minimum atomic E-state index is 0.467. The second kappa shape index (κ2) is 5.40. The first-order valence-corrected chi connectivity index (χ1v) is 7.55. The quantitative estimate of drug-likeness (QED) is 0.912. The highest BCUT2D eigenvalue weighted by molar-refractivity contribution is 7.17. The maximum Gasteiger partial charge on any atom is 0.150 e. The Kier molecular flexibility index (Phi) is 3.63. The van der Waals surface area contributed by atoms with Crippen molar-refractivity contribution in [3.05, 3.63) is 17.8 Å². The molecule has 102 valence electrons. The van der Waals surface area contributed by atoms with Gasteiger partial charge in [0.05, 0.1) is 10.2 Å². The number of hydrogen-bond donors (Lipinski definition) is 1. The van der Waals surface area contributed by atoms with Crippen LogP contribution in [0.5, 0.6) is 0 Å². The number of hydrogen-bond acceptors (Lipinski definition) is 6. The molecule has 19 heavy (non-hydrogen) atoms. The van der Waals surface area contributed by atoms with E-state index in [4.69, 9.17) is 5.73 Å². The molecule has 0 saturated carbocycles. The van der Waals surface area contributed by atoms with Crippen LogP contribution in [0.1, 0.15) is 6.92 Å². The molecule has 0 amide bonds. The van der Waals surface area contributed by atoms with Crippen molar-refractivity contribution >= 4 is 27.4 Å². The molecule has 3 heterocycles. The molecule has 1 atom stereocenters. The minimum Gasteiger partial charge on any atom is -0.353 e. The number of anilines is 1. The molecule has 0 bridgehead atoms. The van der Waals surface area contributed by atoms with E-state index in [1.54, 1.807) is 17.7 Å². The van der Waals surface area contributed by atoms with Crippen molar-refractivity contribution in [2.75, 3.05) is 37.6 Å². The fourth-order valence-electron chi connectivity index (χ4n) is 2.52. The summed E-state index contributed by atoms with van der Waals surface area (Å²) in [6, 6.07) is 2.52. The Bertz CT molecular complexity index is 547. The van der Waals surface area contributed by atoms with Crippen LogP contribution in [0.2, 0.25) is 0 Å². The lowest BCUT2D eigenvalue weighted by Crippen LogP contribution is -2.51. The first-order chi connectivity index (χ1) is 9.29. The predicted molar refractivity (Wildman–Crippen MR) is 79.7 cm³/mol. The summed E-state index contributed by atoms with van der Waals surface area (Å²) >= 11 is 1.72. The van der Waals surface area contributed by atoms with Crippen molar-refractivity contribution < 1.29 is 0 Å². The standard InChI is InChI=1S/C13H19N5S/c1-10(8-14)17-3-5-18(6-4-17)13-12-11(2-7-19-12)15-9-16-13/h2,7,9-10H,3-6,8,14H2,1H3. The second-order valence-corrected chi connectivity index (χ2v) is 5.86. The van der Waals surface area contributed by atoms with Crippen molar-refractivity contribution in [1.29, 1.82) is 0 Å². The van der Waals surface area contributed by atoms with E-state index < -0.39 is 0 Å². The maximum atomic E-state index is 5.73. The van der Waals surface area contributed by atoms with E-state index >= 15 is 0 Å². The van der Waals surface area contributed by atoms with Gasteiger partial charge >= 0.3 is 0 Å². The summed E-state index contributed by atoms with van der Waals surface area (Å²) < 4.78 is 1.20. The first kappa shape index (κ1) is 12.8.